The highest BCUT2D eigenvalue weighted by Gasteiger charge is 2.28. The molecule has 0 saturated heterocycles. The average Bonchev–Trinajstić information content (AvgIpc) is 2.72. The van der Waals surface area contributed by atoms with Crippen LogP contribution in [0.5, 0.6) is 5.75 Å². The van der Waals surface area contributed by atoms with Gasteiger partial charge in [0.2, 0.25) is 5.90 Å². The molecular weight excluding hydrogens is 214 g/mol. The van der Waals surface area contributed by atoms with Gasteiger partial charge in [-0.2, -0.15) is 0 Å². The first-order valence-electron chi connectivity index (χ1n) is 5.98. The van der Waals surface area contributed by atoms with Gasteiger partial charge in [-0.3, -0.25) is 0 Å². The molecule has 2 rings (SSSR count). The topological polar surface area (TPSA) is 30.8 Å². The molecule has 3 heteroatoms. The molecule has 0 N–H and O–H groups in total. The second kappa shape index (κ2) is 5.71. The molecule has 1 heterocycles. The monoisotopic (exact) mass is 235 g/mol. The molecule has 0 saturated carbocycles. The molecule has 0 amide bonds. The number of aliphatic imine (C=N–C) groups is 1. The molecule has 0 spiro atoms. The summed E-state index contributed by atoms with van der Waals surface area (Å²) >= 11 is 0. The zero-order valence-electron chi connectivity index (χ0n) is 11.3. The van der Waals surface area contributed by atoms with E-state index in [-0.39, 0.29) is 5.54 Å². The molecule has 1 aliphatic rings. The molecule has 3 nitrogen and oxygen atoms in total. The Morgan fingerprint density at radius 3 is 2.41 bits per heavy atom. The Balaban J connectivity index is 0.000000686. The summed E-state index contributed by atoms with van der Waals surface area (Å²) in [6.45, 7) is 8.73. The fourth-order valence-electron chi connectivity index (χ4n) is 1.54. The minimum Gasteiger partial charge on any atom is -0.496 e. The van der Waals surface area contributed by atoms with E-state index in [0.717, 1.165) is 11.3 Å². The SMILES string of the molecule is CC.COc1ccccc1C1=NC(C)(C)CO1. The molecule has 1 aromatic rings. The molecule has 0 bridgehead atoms. The summed E-state index contributed by atoms with van der Waals surface area (Å²) in [6.07, 6.45) is 0. The third kappa shape index (κ3) is 3.22. The average molecular weight is 235 g/mol. The van der Waals surface area contributed by atoms with E-state index in [1.807, 2.05) is 38.1 Å². The second-order valence-corrected chi connectivity index (χ2v) is 4.22. The Morgan fingerprint density at radius 2 is 1.88 bits per heavy atom. The van der Waals surface area contributed by atoms with Crippen molar-refractivity contribution in [2.75, 3.05) is 13.7 Å². The first-order valence-corrected chi connectivity index (χ1v) is 5.98. The van der Waals surface area contributed by atoms with Crippen LogP contribution in [-0.2, 0) is 4.74 Å². The van der Waals surface area contributed by atoms with Gasteiger partial charge in [-0.15, -0.1) is 0 Å². The Kier molecular flexibility index (Phi) is 4.55. The lowest BCUT2D eigenvalue weighted by molar-refractivity contribution is 0.278. The van der Waals surface area contributed by atoms with Gasteiger partial charge in [0.05, 0.1) is 18.2 Å². The first-order chi connectivity index (χ1) is 8.12. The summed E-state index contributed by atoms with van der Waals surface area (Å²) in [5.74, 6) is 1.48. The molecule has 94 valence electrons. The largest absolute Gasteiger partial charge is 0.496 e. The number of rotatable bonds is 2. The van der Waals surface area contributed by atoms with E-state index in [9.17, 15) is 0 Å². The first kappa shape index (κ1) is 13.6. The van der Waals surface area contributed by atoms with Crippen LogP contribution < -0.4 is 4.74 Å². The van der Waals surface area contributed by atoms with Gasteiger partial charge in [0, 0.05) is 0 Å². The van der Waals surface area contributed by atoms with Gasteiger partial charge in [0.15, 0.2) is 0 Å². The van der Waals surface area contributed by atoms with Crippen molar-refractivity contribution < 1.29 is 9.47 Å². The highest BCUT2D eigenvalue weighted by Crippen LogP contribution is 2.25. The zero-order chi connectivity index (χ0) is 12.9. The summed E-state index contributed by atoms with van der Waals surface area (Å²) in [7, 11) is 1.65. The zero-order valence-corrected chi connectivity index (χ0v) is 11.3. The molecule has 0 aromatic heterocycles. The van der Waals surface area contributed by atoms with Gasteiger partial charge in [-0.1, -0.05) is 26.0 Å². The Hall–Kier alpha value is -1.51. The van der Waals surface area contributed by atoms with Crippen LogP contribution >= 0.6 is 0 Å². The van der Waals surface area contributed by atoms with Crippen LogP contribution in [0.3, 0.4) is 0 Å². The minimum absolute atomic E-state index is 0.129. The van der Waals surface area contributed by atoms with Gasteiger partial charge in [0.1, 0.15) is 12.4 Å². The summed E-state index contributed by atoms with van der Waals surface area (Å²) < 4.78 is 10.8. The van der Waals surface area contributed by atoms with Crippen molar-refractivity contribution in [3.05, 3.63) is 29.8 Å². The van der Waals surface area contributed by atoms with Crippen molar-refractivity contribution in [1.82, 2.24) is 0 Å². The van der Waals surface area contributed by atoms with E-state index in [2.05, 4.69) is 18.8 Å². The molecule has 17 heavy (non-hydrogen) atoms. The van der Waals surface area contributed by atoms with Gasteiger partial charge >= 0.3 is 0 Å². The van der Waals surface area contributed by atoms with Crippen LogP contribution in [-0.4, -0.2) is 25.2 Å². The van der Waals surface area contributed by atoms with Crippen LogP contribution in [0, 0.1) is 0 Å². The smallest absolute Gasteiger partial charge is 0.220 e. The Labute approximate surface area is 103 Å². The molecule has 1 aromatic carbocycles. The fourth-order valence-corrected chi connectivity index (χ4v) is 1.54. The number of nitrogens with zero attached hydrogens (tertiary/aromatic N) is 1. The maximum absolute atomic E-state index is 5.57. The predicted molar refractivity (Wildman–Crippen MR) is 70.9 cm³/mol. The van der Waals surface area contributed by atoms with Crippen LogP contribution in [0.15, 0.2) is 29.3 Å². The Bertz CT molecular complexity index is 397. The minimum atomic E-state index is -0.129. The van der Waals surface area contributed by atoms with Crippen molar-refractivity contribution in [3.8, 4) is 5.75 Å². The lowest BCUT2D eigenvalue weighted by Gasteiger charge is -2.07. The Morgan fingerprint density at radius 1 is 1.24 bits per heavy atom. The van der Waals surface area contributed by atoms with Crippen molar-refractivity contribution in [2.24, 2.45) is 4.99 Å². The number of methoxy groups -OCH3 is 1. The normalized spacial score (nSPS) is 16.4. The molecule has 1 aliphatic heterocycles. The van der Waals surface area contributed by atoms with Crippen LogP contribution in [0.4, 0.5) is 0 Å². The number of ether oxygens (including phenoxy) is 2. The number of para-hydroxylation sites is 1. The van der Waals surface area contributed by atoms with Crippen LogP contribution in [0.1, 0.15) is 33.3 Å². The summed E-state index contributed by atoms with van der Waals surface area (Å²) in [6, 6.07) is 7.75. The lowest BCUT2D eigenvalue weighted by Crippen LogP contribution is -2.17. The molecule has 0 unspecified atom stereocenters. The summed E-state index contributed by atoms with van der Waals surface area (Å²) in [5.41, 5.74) is 0.793. The van der Waals surface area contributed by atoms with Gasteiger partial charge in [-0.05, 0) is 26.0 Å². The highest BCUT2D eigenvalue weighted by atomic mass is 16.5. The highest BCUT2D eigenvalue weighted by molar-refractivity contribution is 5.98. The van der Waals surface area contributed by atoms with E-state index >= 15 is 0 Å². The standard InChI is InChI=1S/C12H15NO2.C2H6/c1-12(2)8-15-11(13-12)9-6-4-5-7-10(9)14-3;1-2/h4-7H,8H2,1-3H3;1-2H3. The van der Waals surface area contributed by atoms with Crippen LogP contribution in [0.2, 0.25) is 0 Å². The van der Waals surface area contributed by atoms with E-state index in [1.165, 1.54) is 0 Å². The molecule has 0 fully saturated rings. The van der Waals surface area contributed by atoms with Crippen LogP contribution in [0.25, 0.3) is 0 Å². The summed E-state index contributed by atoms with van der Waals surface area (Å²) in [4.78, 5) is 4.51. The second-order valence-electron chi connectivity index (χ2n) is 4.22. The number of benzene rings is 1. The van der Waals surface area contributed by atoms with E-state index in [1.54, 1.807) is 7.11 Å². The van der Waals surface area contributed by atoms with Crippen molar-refractivity contribution >= 4 is 5.90 Å². The van der Waals surface area contributed by atoms with Crippen molar-refractivity contribution in [1.29, 1.82) is 0 Å². The molecular formula is C14H21NO2. The van der Waals surface area contributed by atoms with Crippen molar-refractivity contribution in [3.63, 3.8) is 0 Å². The molecule has 0 aliphatic carbocycles. The van der Waals surface area contributed by atoms with Gasteiger partial charge < -0.3 is 9.47 Å². The van der Waals surface area contributed by atoms with E-state index < -0.39 is 0 Å². The third-order valence-corrected chi connectivity index (χ3v) is 2.30. The van der Waals surface area contributed by atoms with E-state index in [0.29, 0.717) is 12.5 Å². The maximum Gasteiger partial charge on any atom is 0.220 e. The van der Waals surface area contributed by atoms with Gasteiger partial charge in [-0.25, -0.2) is 4.99 Å². The van der Waals surface area contributed by atoms with E-state index in [4.69, 9.17) is 9.47 Å². The van der Waals surface area contributed by atoms with Crippen molar-refractivity contribution in [2.45, 2.75) is 33.2 Å². The fraction of sp³-hybridized carbons (Fsp3) is 0.500. The third-order valence-electron chi connectivity index (χ3n) is 2.30. The predicted octanol–water partition coefficient (Wildman–Crippen LogP) is 3.28. The number of hydrogen-bond acceptors (Lipinski definition) is 3. The maximum atomic E-state index is 5.57. The molecule has 0 radical (unpaired) electrons. The van der Waals surface area contributed by atoms with Gasteiger partial charge in [0.25, 0.3) is 0 Å². The molecule has 0 atom stereocenters. The summed E-state index contributed by atoms with van der Waals surface area (Å²) in [5, 5.41) is 0. The number of hydrogen-bond donors (Lipinski definition) is 0. The lowest BCUT2D eigenvalue weighted by atomic mass is 10.1. The quantitative estimate of drug-likeness (QED) is 0.787.